The molecule has 8 nitrogen and oxygen atoms in total. The number of carbonyl (C=O) groups is 1. The van der Waals surface area contributed by atoms with Crippen LogP contribution in [0, 0.1) is 0 Å². The van der Waals surface area contributed by atoms with Gasteiger partial charge >= 0.3 is 0 Å². The third-order valence-corrected chi connectivity index (χ3v) is 6.55. The van der Waals surface area contributed by atoms with Crippen LogP contribution in [0.3, 0.4) is 0 Å². The summed E-state index contributed by atoms with van der Waals surface area (Å²) in [4.78, 5) is 17.2. The molecule has 1 aliphatic rings. The molecule has 2 aromatic carbocycles. The zero-order valence-corrected chi connectivity index (χ0v) is 18.9. The molecular formula is C21H22ClN5O3S. The summed E-state index contributed by atoms with van der Waals surface area (Å²) in [6.45, 7) is 4.17. The first-order valence-electron chi connectivity index (χ1n) is 9.73. The van der Waals surface area contributed by atoms with Crippen molar-refractivity contribution in [2.75, 3.05) is 22.4 Å². The molecule has 31 heavy (non-hydrogen) atoms. The number of halogens is 1. The highest BCUT2D eigenvalue weighted by atomic mass is 35.5. The number of hydrogen-bond acceptors (Lipinski definition) is 5. The monoisotopic (exact) mass is 459 g/mol. The van der Waals surface area contributed by atoms with Gasteiger partial charge in [0.2, 0.25) is 10.0 Å². The van der Waals surface area contributed by atoms with Gasteiger partial charge in [-0.25, -0.2) is 13.4 Å². The molecule has 0 saturated carbocycles. The van der Waals surface area contributed by atoms with Crippen LogP contribution in [-0.4, -0.2) is 41.9 Å². The van der Waals surface area contributed by atoms with Crippen molar-refractivity contribution < 1.29 is 13.2 Å². The summed E-state index contributed by atoms with van der Waals surface area (Å²) in [6.07, 6.45) is 2.81. The van der Waals surface area contributed by atoms with Crippen LogP contribution in [0.5, 0.6) is 0 Å². The van der Waals surface area contributed by atoms with Crippen molar-refractivity contribution in [2.24, 2.45) is 0 Å². The third-order valence-electron chi connectivity index (χ3n) is 5.15. The fraction of sp³-hybridized carbons (Fsp3) is 0.286. The molecule has 10 heteroatoms. The van der Waals surface area contributed by atoms with Crippen LogP contribution in [0.2, 0.25) is 5.02 Å². The molecule has 4 rings (SSSR count). The molecule has 1 aliphatic heterocycles. The molecule has 0 spiro atoms. The Kier molecular flexibility index (Phi) is 5.49. The molecule has 0 bridgehead atoms. The molecule has 0 saturated heterocycles. The number of nitrogens with zero attached hydrogens (tertiary/aromatic N) is 4. The zero-order chi connectivity index (χ0) is 22.3. The number of sulfonamides is 1. The van der Waals surface area contributed by atoms with Gasteiger partial charge in [-0.2, -0.15) is 5.10 Å². The van der Waals surface area contributed by atoms with E-state index in [1.165, 1.54) is 10.6 Å². The van der Waals surface area contributed by atoms with E-state index >= 15 is 0 Å². The van der Waals surface area contributed by atoms with Crippen LogP contribution in [0.25, 0.3) is 0 Å². The Hall–Kier alpha value is -2.91. The summed E-state index contributed by atoms with van der Waals surface area (Å²) < 4.78 is 27.8. The van der Waals surface area contributed by atoms with E-state index in [0.29, 0.717) is 33.3 Å². The smallest absolute Gasteiger partial charge is 0.255 e. The molecule has 1 amide bonds. The fourth-order valence-electron chi connectivity index (χ4n) is 3.53. The normalized spacial score (nSPS) is 15.9. The first-order chi connectivity index (χ1) is 14.6. The summed E-state index contributed by atoms with van der Waals surface area (Å²) in [5, 5.41) is 7.93. The van der Waals surface area contributed by atoms with E-state index in [0.717, 1.165) is 0 Å². The van der Waals surface area contributed by atoms with Gasteiger partial charge in [0.15, 0.2) is 5.82 Å². The van der Waals surface area contributed by atoms with E-state index in [-0.39, 0.29) is 24.4 Å². The van der Waals surface area contributed by atoms with E-state index < -0.39 is 10.0 Å². The second-order valence-corrected chi connectivity index (χ2v) is 10.1. The van der Waals surface area contributed by atoms with Gasteiger partial charge in [0.05, 0.1) is 17.9 Å². The molecular weight excluding hydrogens is 438 g/mol. The molecule has 0 radical (unpaired) electrons. The predicted octanol–water partition coefficient (Wildman–Crippen LogP) is 3.68. The number of hydrogen-bond donors (Lipinski definition) is 1. The van der Waals surface area contributed by atoms with Gasteiger partial charge in [0.25, 0.3) is 5.91 Å². The van der Waals surface area contributed by atoms with Gasteiger partial charge in [0.1, 0.15) is 6.33 Å². The van der Waals surface area contributed by atoms with E-state index in [9.17, 15) is 13.2 Å². The minimum atomic E-state index is -3.49. The number of benzene rings is 2. The molecule has 3 aromatic rings. The number of rotatable bonds is 5. The van der Waals surface area contributed by atoms with Gasteiger partial charge in [-0.1, -0.05) is 11.6 Å². The average Bonchev–Trinajstić information content (AvgIpc) is 3.33. The van der Waals surface area contributed by atoms with Crippen molar-refractivity contribution >= 4 is 38.9 Å². The zero-order valence-electron chi connectivity index (χ0n) is 17.3. The number of aromatic nitrogens is 3. The van der Waals surface area contributed by atoms with Crippen molar-refractivity contribution in [3.05, 3.63) is 70.8 Å². The summed E-state index contributed by atoms with van der Waals surface area (Å²) in [5.74, 6) is -0.147. The first kappa shape index (κ1) is 21.3. The number of carbonyl (C=O) groups excluding carboxylic acids is 1. The lowest BCUT2D eigenvalue weighted by Crippen LogP contribution is -2.29. The lowest BCUT2D eigenvalue weighted by molar-refractivity contribution is 0.102. The number of fused-ring (bicyclic) bond motifs is 1. The van der Waals surface area contributed by atoms with Gasteiger partial charge in [-0.05, 0) is 61.9 Å². The third kappa shape index (κ3) is 4.28. The van der Waals surface area contributed by atoms with E-state index in [1.54, 1.807) is 53.5 Å². The summed E-state index contributed by atoms with van der Waals surface area (Å²) in [7, 11) is -3.49. The van der Waals surface area contributed by atoms with Crippen LogP contribution in [0.1, 0.15) is 47.6 Å². The summed E-state index contributed by atoms with van der Waals surface area (Å²) >= 11 is 5.90. The second kappa shape index (κ2) is 7.97. The van der Waals surface area contributed by atoms with Crippen LogP contribution in [0.4, 0.5) is 11.4 Å². The highest BCUT2D eigenvalue weighted by molar-refractivity contribution is 7.92. The molecule has 0 unspecified atom stereocenters. The lowest BCUT2D eigenvalue weighted by atomic mass is 9.98. The van der Waals surface area contributed by atoms with Crippen molar-refractivity contribution in [2.45, 2.75) is 25.8 Å². The Morgan fingerprint density at radius 2 is 1.90 bits per heavy atom. The van der Waals surface area contributed by atoms with E-state index in [2.05, 4.69) is 15.4 Å². The Morgan fingerprint density at radius 3 is 2.52 bits per heavy atom. The summed E-state index contributed by atoms with van der Waals surface area (Å²) in [5.41, 5.74) is 2.27. The highest BCUT2D eigenvalue weighted by Gasteiger charge is 2.37. The average molecular weight is 460 g/mol. The number of anilines is 2. The molecule has 162 valence electrons. The predicted molar refractivity (Wildman–Crippen MR) is 120 cm³/mol. The van der Waals surface area contributed by atoms with Gasteiger partial charge in [-0.15, -0.1) is 0 Å². The van der Waals surface area contributed by atoms with E-state index in [4.69, 9.17) is 11.6 Å². The molecule has 1 N–H and O–H groups in total. The van der Waals surface area contributed by atoms with Crippen LogP contribution in [0.15, 0.2) is 48.8 Å². The number of nitrogens with one attached hydrogen (secondary N) is 1. The topological polar surface area (TPSA) is 97.2 Å². The highest BCUT2D eigenvalue weighted by Crippen LogP contribution is 2.41. The first-order valence-corrected chi connectivity index (χ1v) is 12.0. The Morgan fingerprint density at radius 1 is 1.19 bits per heavy atom. The maximum atomic E-state index is 12.8. The maximum Gasteiger partial charge on any atom is 0.255 e. The largest absolute Gasteiger partial charge is 0.322 e. The Labute approximate surface area is 185 Å². The van der Waals surface area contributed by atoms with Crippen LogP contribution >= 0.6 is 11.6 Å². The van der Waals surface area contributed by atoms with Gasteiger partial charge in [-0.3, -0.25) is 13.8 Å². The maximum absolute atomic E-state index is 12.8. The Bertz CT molecular complexity index is 1240. The van der Waals surface area contributed by atoms with E-state index in [1.807, 2.05) is 13.8 Å². The molecule has 0 fully saturated rings. The van der Waals surface area contributed by atoms with Crippen LogP contribution < -0.4 is 9.62 Å². The molecule has 2 heterocycles. The van der Waals surface area contributed by atoms with Gasteiger partial charge < -0.3 is 5.32 Å². The van der Waals surface area contributed by atoms with Crippen molar-refractivity contribution in [1.82, 2.24) is 14.8 Å². The summed E-state index contributed by atoms with van der Waals surface area (Å²) in [6, 6.07) is 11.9. The van der Waals surface area contributed by atoms with Crippen molar-refractivity contribution in [3.8, 4) is 0 Å². The quantitative estimate of drug-likeness (QED) is 0.627. The second-order valence-electron chi connectivity index (χ2n) is 7.76. The number of amides is 1. The molecule has 1 aromatic heterocycles. The lowest BCUT2D eigenvalue weighted by Gasteiger charge is -2.16. The fourth-order valence-corrected chi connectivity index (χ4v) is 4.60. The van der Waals surface area contributed by atoms with Crippen molar-refractivity contribution in [1.29, 1.82) is 0 Å². The van der Waals surface area contributed by atoms with Crippen molar-refractivity contribution in [3.63, 3.8) is 0 Å². The van der Waals surface area contributed by atoms with Gasteiger partial charge in [0, 0.05) is 28.9 Å². The Balaban J connectivity index is 1.70. The standard InChI is InChI=1S/C21H22ClN5O3S/c1-13(2)26-12-23-20(25-26)18-11-27(31(3,29)30)19-9-4-14(10-17(18)19)21(28)24-16-7-5-15(22)6-8-16/h4-10,12-13,18H,11H2,1-3H3,(H,24,28)/t18-/m1/s1. The SMILES string of the molecule is CC(C)n1cnc([C@@H]2CN(S(C)(=O)=O)c3ccc(C(=O)Nc4ccc(Cl)cc4)cc32)n1. The molecule has 1 atom stereocenters. The van der Waals surface area contributed by atoms with Crippen LogP contribution in [-0.2, 0) is 10.0 Å². The minimum absolute atomic E-state index is 0.129. The molecule has 0 aliphatic carbocycles. The minimum Gasteiger partial charge on any atom is -0.322 e.